The fraction of sp³-hybridized carbons (Fsp3) is 0.533. The Hall–Kier alpha value is -1.02. The number of benzene rings is 1. The number of hydrogen-bond donors (Lipinski definition) is 0. The number of hydrogen-bond acceptors (Lipinski definition) is 1. The Morgan fingerprint density at radius 3 is 2.22 bits per heavy atom. The number of amides is 1. The van der Waals surface area contributed by atoms with Crippen molar-refractivity contribution in [2.75, 3.05) is 0 Å². The van der Waals surface area contributed by atoms with Gasteiger partial charge in [0.05, 0.1) is 6.04 Å². The fourth-order valence-electron chi connectivity index (χ4n) is 2.37. The molecule has 1 aromatic rings. The molecular formula is C15H22ClNO. The Morgan fingerprint density at radius 2 is 1.83 bits per heavy atom. The molecule has 0 aliphatic heterocycles. The van der Waals surface area contributed by atoms with Crippen molar-refractivity contribution in [3.05, 3.63) is 34.9 Å². The van der Waals surface area contributed by atoms with Crippen LogP contribution in [0.5, 0.6) is 0 Å². The first kappa shape index (κ1) is 15.0. The molecule has 18 heavy (non-hydrogen) atoms. The van der Waals surface area contributed by atoms with Gasteiger partial charge in [0.25, 0.3) is 0 Å². The zero-order valence-electron chi connectivity index (χ0n) is 11.6. The van der Waals surface area contributed by atoms with Crippen LogP contribution in [0.1, 0.15) is 52.1 Å². The van der Waals surface area contributed by atoms with E-state index in [-0.39, 0.29) is 18.0 Å². The maximum absolute atomic E-state index is 11.8. The molecule has 0 fully saturated rings. The smallest absolute Gasteiger partial charge is 0.220 e. The van der Waals surface area contributed by atoms with Gasteiger partial charge in [-0.3, -0.25) is 4.79 Å². The van der Waals surface area contributed by atoms with Gasteiger partial charge in [0.1, 0.15) is 0 Å². The highest BCUT2D eigenvalue weighted by Crippen LogP contribution is 2.28. The topological polar surface area (TPSA) is 20.3 Å². The molecule has 0 spiro atoms. The lowest BCUT2D eigenvalue weighted by atomic mass is 9.99. The molecule has 0 aliphatic carbocycles. The van der Waals surface area contributed by atoms with Crippen LogP contribution in [-0.4, -0.2) is 16.8 Å². The summed E-state index contributed by atoms with van der Waals surface area (Å²) < 4.78 is 0. The van der Waals surface area contributed by atoms with Crippen LogP contribution in [0.15, 0.2) is 24.3 Å². The molecule has 1 amide bonds. The summed E-state index contributed by atoms with van der Waals surface area (Å²) in [7, 11) is 0. The maximum atomic E-state index is 11.8. The van der Waals surface area contributed by atoms with Gasteiger partial charge in [0, 0.05) is 18.0 Å². The quantitative estimate of drug-likeness (QED) is 0.772. The second-order valence-corrected chi connectivity index (χ2v) is 5.31. The number of carbonyl (C=O) groups excluding carboxylic acids is 1. The highest BCUT2D eigenvalue weighted by Gasteiger charge is 2.24. The lowest BCUT2D eigenvalue weighted by molar-refractivity contribution is -0.133. The average Bonchev–Trinajstić information content (AvgIpc) is 2.28. The molecular weight excluding hydrogens is 246 g/mol. The molecule has 0 radical (unpaired) electrons. The second kappa shape index (κ2) is 6.79. The van der Waals surface area contributed by atoms with Crippen LogP contribution in [0.2, 0.25) is 5.02 Å². The van der Waals surface area contributed by atoms with Gasteiger partial charge in [-0.15, -0.1) is 0 Å². The predicted octanol–water partition coefficient (Wildman–Crippen LogP) is 4.44. The Kier molecular flexibility index (Phi) is 5.67. The Bertz CT molecular complexity index is 386. The van der Waals surface area contributed by atoms with Crippen LogP contribution in [0.4, 0.5) is 0 Å². The number of halogens is 1. The summed E-state index contributed by atoms with van der Waals surface area (Å²) >= 11 is 5.92. The van der Waals surface area contributed by atoms with Crippen molar-refractivity contribution in [3.63, 3.8) is 0 Å². The Morgan fingerprint density at radius 1 is 1.28 bits per heavy atom. The lowest BCUT2D eigenvalue weighted by Gasteiger charge is -2.34. The zero-order valence-corrected chi connectivity index (χ0v) is 12.4. The third-order valence-electron chi connectivity index (χ3n) is 3.07. The van der Waals surface area contributed by atoms with Crippen LogP contribution < -0.4 is 0 Å². The lowest BCUT2D eigenvalue weighted by Crippen LogP contribution is -2.38. The molecule has 3 heteroatoms. The van der Waals surface area contributed by atoms with Gasteiger partial charge in [-0.2, -0.15) is 0 Å². The van der Waals surface area contributed by atoms with Crippen molar-refractivity contribution in [3.8, 4) is 0 Å². The first-order valence-corrected chi connectivity index (χ1v) is 6.89. The number of carbonyl (C=O) groups is 1. The van der Waals surface area contributed by atoms with Crippen molar-refractivity contribution < 1.29 is 4.79 Å². The van der Waals surface area contributed by atoms with Crippen molar-refractivity contribution in [1.82, 2.24) is 4.90 Å². The maximum Gasteiger partial charge on any atom is 0.220 e. The minimum Gasteiger partial charge on any atom is -0.333 e. The third-order valence-corrected chi connectivity index (χ3v) is 3.32. The Balaban J connectivity index is 3.07. The summed E-state index contributed by atoms with van der Waals surface area (Å²) in [4.78, 5) is 13.8. The van der Waals surface area contributed by atoms with E-state index in [4.69, 9.17) is 11.6 Å². The molecule has 0 bridgehead atoms. The molecule has 2 nitrogen and oxygen atoms in total. The van der Waals surface area contributed by atoms with Gasteiger partial charge in [-0.1, -0.05) is 37.1 Å². The van der Waals surface area contributed by atoms with E-state index >= 15 is 0 Å². The first-order valence-electron chi connectivity index (χ1n) is 6.51. The van der Waals surface area contributed by atoms with Gasteiger partial charge in [0.2, 0.25) is 5.91 Å². The largest absolute Gasteiger partial charge is 0.333 e. The molecule has 1 rings (SSSR count). The minimum absolute atomic E-state index is 0.124. The second-order valence-electron chi connectivity index (χ2n) is 4.88. The first-order chi connectivity index (χ1) is 8.47. The molecule has 0 saturated carbocycles. The van der Waals surface area contributed by atoms with Crippen molar-refractivity contribution in [1.29, 1.82) is 0 Å². The molecule has 0 aliphatic rings. The van der Waals surface area contributed by atoms with E-state index in [2.05, 4.69) is 20.8 Å². The van der Waals surface area contributed by atoms with Crippen LogP contribution in [0.25, 0.3) is 0 Å². The molecule has 0 N–H and O–H groups in total. The zero-order chi connectivity index (χ0) is 13.7. The Labute approximate surface area is 115 Å². The van der Waals surface area contributed by atoms with E-state index in [0.717, 1.165) is 23.4 Å². The third kappa shape index (κ3) is 3.74. The molecule has 1 atom stereocenters. The van der Waals surface area contributed by atoms with Crippen LogP contribution in [-0.2, 0) is 4.79 Å². The molecule has 0 heterocycles. The summed E-state index contributed by atoms with van der Waals surface area (Å²) in [5.74, 6) is 0.124. The van der Waals surface area contributed by atoms with Crippen LogP contribution in [0, 0.1) is 0 Å². The van der Waals surface area contributed by atoms with Gasteiger partial charge in [-0.05, 0) is 38.0 Å². The van der Waals surface area contributed by atoms with E-state index in [1.54, 1.807) is 6.92 Å². The highest BCUT2D eigenvalue weighted by molar-refractivity contribution is 6.30. The standard InChI is InChI=1S/C15H22ClNO/c1-5-6-15(17(11(2)3)12(4)18)13-7-9-14(16)10-8-13/h7-11,15H,5-6H2,1-4H3. The SMILES string of the molecule is CCCC(c1ccc(Cl)cc1)N(C(C)=O)C(C)C. The summed E-state index contributed by atoms with van der Waals surface area (Å²) in [6.45, 7) is 7.89. The average molecular weight is 268 g/mol. The fourth-order valence-corrected chi connectivity index (χ4v) is 2.49. The normalized spacial score (nSPS) is 12.6. The monoisotopic (exact) mass is 267 g/mol. The van der Waals surface area contributed by atoms with Gasteiger partial charge >= 0.3 is 0 Å². The van der Waals surface area contributed by atoms with E-state index in [1.807, 2.05) is 29.2 Å². The van der Waals surface area contributed by atoms with Crippen molar-refractivity contribution >= 4 is 17.5 Å². The summed E-state index contributed by atoms with van der Waals surface area (Å²) in [5, 5.41) is 0.730. The van der Waals surface area contributed by atoms with E-state index < -0.39 is 0 Å². The van der Waals surface area contributed by atoms with E-state index in [9.17, 15) is 4.79 Å². The van der Waals surface area contributed by atoms with Crippen molar-refractivity contribution in [2.45, 2.75) is 52.6 Å². The molecule has 0 saturated heterocycles. The molecule has 1 unspecified atom stereocenters. The number of rotatable bonds is 5. The summed E-state index contributed by atoms with van der Waals surface area (Å²) in [5.41, 5.74) is 1.16. The van der Waals surface area contributed by atoms with E-state index in [0.29, 0.717) is 0 Å². The van der Waals surface area contributed by atoms with Gasteiger partial charge in [0.15, 0.2) is 0 Å². The van der Waals surface area contributed by atoms with Crippen LogP contribution >= 0.6 is 11.6 Å². The minimum atomic E-state index is 0.124. The predicted molar refractivity (Wildman–Crippen MR) is 76.8 cm³/mol. The van der Waals surface area contributed by atoms with Crippen molar-refractivity contribution in [2.24, 2.45) is 0 Å². The molecule has 1 aromatic carbocycles. The highest BCUT2D eigenvalue weighted by atomic mass is 35.5. The van der Waals surface area contributed by atoms with Crippen LogP contribution in [0.3, 0.4) is 0 Å². The van der Waals surface area contributed by atoms with E-state index in [1.165, 1.54) is 0 Å². The van der Waals surface area contributed by atoms with Gasteiger partial charge < -0.3 is 4.90 Å². The summed E-state index contributed by atoms with van der Waals surface area (Å²) in [6.07, 6.45) is 2.02. The van der Waals surface area contributed by atoms with Gasteiger partial charge in [-0.25, -0.2) is 0 Å². The number of nitrogens with zero attached hydrogens (tertiary/aromatic N) is 1. The summed E-state index contributed by atoms with van der Waals surface area (Å²) in [6, 6.07) is 8.15. The molecule has 0 aromatic heterocycles. The molecule has 100 valence electrons.